The lowest BCUT2D eigenvalue weighted by Gasteiger charge is -2.25. The smallest absolute Gasteiger partial charge is 0.231 e. The summed E-state index contributed by atoms with van der Waals surface area (Å²) >= 11 is 12.9. The molecule has 5 rings (SSSR count). The molecule has 0 bridgehead atoms. The monoisotopic (exact) mass is 411 g/mol. The molecule has 1 aliphatic rings. The third-order valence-electron chi connectivity index (χ3n) is 5.03. The van der Waals surface area contributed by atoms with Crippen LogP contribution in [0.25, 0.3) is 17.0 Å². The second kappa shape index (κ2) is 6.36. The number of aryl methyl sites for hydroxylation is 1. The van der Waals surface area contributed by atoms with Crippen molar-refractivity contribution in [2.45, 2.75) is 19.3 Å². The van der Waals surface area contributed by atoms with Gasteiger partial charge in [0.2, 0.25) is 11.9 Å². The zero-order valence-corrected chi connectivity index (χ0v) is 16.3. The number of benzene rings is 2. The summed E-state index contributed by atoms with van der Waals surface area (Å²) in [7, 11) is 0. The van der Waals surface area contributed by atoms with Crippen molar-refractivity contribution in [1.82, 2.24) is 19.7 Å². The quantitative estimate of drug-likeness (QED) is 0.495. The summed E-state index contributed by atoms with van der Waals surface area (Å²) < 4.78 is 1.64. The van der Waals surface area contributed by atoms with E-state index in [4.69, 9.17) is 23.2 Å². The van der Waals surface area contributed by atoms with E-state index >= 15 is 0 Å². The molecule has 4 aromatic rings. The lowest BCUT2D eigenvalue weighted by atomic mass is 9.85. The molecule has 1 atom stereocenters. The molecule has 0 saturated carbocycles. The topological polar surface area (TPSA) is 75.6 Å². The fraction of sp³-hybridized carbons (Fsp3) is 0.150. The van der Waals surface area contributed by atoms with Crippen LogP contribution >= 0.6 is 23.2 Å². The van der Waals surface area contributed by atoms with Crippen LogP contribution < -0.4 is 5.32 Å². The molecule has 6 nitrogen and oxygen atoms in total. The van der Waals surface area contributed by atoms with Gasteiger partial charge in [-0.3, -0.25) is 4.79 Å². The number of nitrogens with zero attached hydrogens (tertiary/aromatic N) is 3. The van der Waals surface area contributed by atoms with Crippen molar-refractivity contribution in [3.63, 3.8) is 0 Å². The van der Waals surface area contributed by atoms with Crippen molar-refractivity contribution < 1.29 is 4.79 Å². The Hall–Kier alpha value is -2.83. The number of aromatic nitrogens is 4. The molecular weight excluding hydrogens is 397 g/mol. The first kappa shape index (κ1) is 17.3. The van der Waals surface area contributed by atoms with Crippen molar-refractivity contribution in [1.29, 1.82) is 0 Å². The summed E-state index contributed by atoms with van der Waals surface area (Å²) in [6.07, 6.45) is 0.253. The normalized spacial score (nSPS) is 16.2. The molecule has 0 saturated heterocycles. The lowest BCUT2D eigenvalue weighted by molar-refractivity contribution is -0.116. The van der Waals surface area contributed by atoms with Crippen LogP contribution in [0.4, 0.5) is 5.82 Å². The second-order valence-corrected chi connectivity index (χ2v) is 7.59. The number of hydrogen-bond donors (Lipinski definition) is 2. The minimum absolute atomic E-state index is 0.120. The molecule has 28 heavy (non-hydrogen) atoms. The lowest BCUT2D eigenvalue weighted by Crippen LogP contribution is -2.25. The molecule has 0 unspecified atom stereocenters. The highest BCUT2D eigenvalue weighted by molar-refractivity contribution is 6.36. The van der Waals surface area contributed by atoms with E-state index in [0.717, 1.165) is 27.9 Å². The predicted molar refractivity (Wildman–Crippen MR) is 110 cm³/mol. The number of rotatable bonds is 2. The maximum absolute atomic E-state index is 12.5. The molecule has 2 N–H and O–H groups in total. The number of carbonyl (C=O) groups excluding carboxylic acids is 1. The standard InChI is InChI=1S/C20H15Cl2N5O/c1-10-17-11(18-12(21)5-4-6-13(18)22)9-16(28)25-19(17)27(26-10)20-23-14-7-2-3-8-15(14)24-20/h2-8,11H,9H2,1H3,(H,23,24)(H,25,28)/t11-/m0/s1. The number of para-hydroxylation sites is 2. The van der Waals surface area contributed by atoms with Gasteiger partial charge in [-0.15, -0.1) is 0 Å². The molecule has 0 radical (unpaired) electrons. The summed E-state index contributed by atoms with van der Waals surface area (Å²) in [6, 6.07) is 13.1. The van der Waals surface area contributed by atoms with Crippen molar-refractivity contribution in [2.75, 3.05) is 5.32 Å². The number of halogens is 2. The maximum atomic E-state index is 12.5. The summed E-state index contributed by atoms with van der Waals surface area (Å²) in [6.45, 7) is 1.91. The van der Waals surface area contributed by atoms with Gasteiger partial charge in [0.05, 0.1) is 16.7 Å². The van der Waals surface area contributed by atoms with Gasteiger partial charge in [0, 0.05) is 27.9 Å². The summed E-state index contributed by atoms with van der Waals surface area (Å²) in [5.41, 5.74) is 4.15. The summed E-state index contributed by atoms with van der Waals surface area (Å²) in [5.74, 6) is 0.736. The van der Waals surface area contributed by atoms with Gasteiger partial charge < -0.3 is 10.3 Å². The van der Waals surface area contributed by atoms with Crippen LogP contribution in [0.15, 0.2) is 42.5 Å². The minimum Gasteiger partial charge on any atom is -0.322 e. The van der Waals surface area contributed by atoms with Crippen molar-refractivity contribution >= 4 is 46.0 Å². The maximum Gasteiger partial charge on any atom is 0.231 e. The molecule has 0 spiro atoms. The van der Waals surface area contributed by atoms with Gasteiger partial charge in [-0.1, -0.05) is 41.4 Å². The van der Waals surface area contributed by atoms with E-state index < -0.39 is 0 Å². The Morgan fingerprint density at radius 2 is 1.82 bits per heavy atom. The number of carbonyl (C=O) groups is 1. The average molecular weight is 412 g/mol. The van der Waals surface area contributed by atoms with E-state index in [1.807, 2.05) is 31.2 Å². The van der Waals surface area contributed by atoms with Gasteiger partial charge in [-0.25, -0.2) is 4.98 Å². The Labute approximate surface area is 170 Å². The van der Waals surface area contributed by atoms with Crippen LogP contribution in [0.5, 0.6) is 0 Å². The third kappa shape index (κ3) is 2.60. The molecule has 0 aliphatic carbocycles. The SMILES string of the molecule is Cc1nn(-c2nc3ccccc3[nH]2)c2c1[C@@H](c1c(Cl)cccc1Cl)CC(=O)N2. The molecule has 8 heteroatoms. The predicted octanol–water partition coefficient (Wildman–Crippen LogP) is 4.84. The number of aromatic amines is 1. The summed E-state index contributed by atoms with van der Waals surface area (Å²) in [4.78, 5) is 20.4. The number of imidazole rings is 1. The highest BCUT2D eigenvalue weighted by Crippen LogP contribution is 2.44. The largest absolute Gasteiger partial charge is 0.322 e. The Kier molecular flexibility index (Phi) is 3.92. The summed E-state index contributed by atoms with van der Waals surface area (Å²) in [5, 5.41) is 8.67. The van der Waals surface area contributed by atoms with E-state index in [1.54, 1.807) is 22.9 Å². The number of nitrogens with one attached hydrogen (secondary N) is 2. The Morgan fingerprint density at radius 1 is 1.07 bits per heavy atom. The van der Waals surface area contributed by atoms with Gasteiger partial charge in [0.1, 0.15) is 5.82 Å². The first-order valence-corrected chi connectivity index (χ1v) is 9.57. The second-order valence-electron chi connectivity index (χ2n) is 6.78. The molecule has 3 heterocycles. The fourth-order valence-corrected chi connectivity index (χ4v) is 4.49. The average Bonchev–Trinajstić information content (AvgIpc) is 3.22. The van der Waals surface area contributed by atoms with Crippen LogP contribution in [0.1, 0.15) is 29.2 Å². The van der Waals surface area contributed by atoms with Crippen molar-refractivity contribution in [2.24, 2.45) is 0 Å². The van der Waals surface area contributed by atoms with E-state index in [-0.39, 0.29) is 18.2 Å². The number of anilines is 1. The molecule has 2 aromatic heterocycles. The zero-order valence-electron chi connectivity index (χ0n) is 14.8. The Bertz CT molecular complexity index is 1190. The van der Waals surface area contributed by atoms with E-state index in [1.165, 1.54) is 0 Å². The highest BCUT2D eigenvalue weighted by Gasteiger charge is 2.35. The first-order chi connectivity index (χ1) is 13.5. The van der Waals surface area contributed by atoms with Gasteiger partial charge >= 0.3 is 0 Å². The Balaban J connectivity index is 1.72. The van der Waals surface area contributed by atoms with E-state index in [2.05, 4.69) is 20.4 Å². The first-order valence-electron chi connectivity index (χ1n) is 8.81. The van der Waals surface area contributed by atoms with Crippen molar-refractivity contribution in [3.8, 4) is 5.95 Å². The highest BCUT2D eigenvalue weighted by atomic mass is 35.5. The van der Waals surface area contributed by atoms with E-state index in [0.29, 0.717) is 21.8 Å². The van der Waals surface area contributed by atoms with Crippen LogP contribution in [0.3, 0.4) is 0 Å². The minimum atomic E-state index is -0.275. The number of amides is 1. The van der Waals surface area contributed by atoms with Crippen LogP contribution in [-0.4, -0.2) is 25.7 Å². The van der Waals surface area contributed by atoms with Gasteiger partial charge in [-0.05, 0) is 36.8 Å². The van der Waals surface area contributed by atoms with Crippen LogP contribution in [0, 0.1) is 6.92 Å². The molecule has 2 aromatic carbocycles. The van der Waals surface area contributed by atoms with Crippen molar-refractivity contribution in [3.05, 3.63) is 69.3 Å². The van der Waals surface area contributed by atoms with Crippen LogP contribution in [0.2, 0.25) is 10.0 Å². The third-order valence-corrected chi connectivity index (χ3v) is 5.69. The molecule has 1 aliphatic heterocycles. The van der Waals surface area contributed by atoms with Gasteiger partial charge in [-0.2, -0.15) is 9.78 Å². The van der Waals surface area contributed by atoms with E-state index in [9.17, 15) is 4.79 Å². The van der Waals surface area contributed by atoms with Crippen LogP contribution in [-0.2, 0) is 4.79 Å². The van der Waals surface area contributed by atoms with Gasteiger partial charge in [0.15, 0.2) is 0 Å². The molecule has 0 fully saturated rings. The Morgan fingerprint density at radius 3 is 2.57 bits per heavy atom. The molecule has 1 amide bonds. The fourth-order valence-electron chi connectivity index (χ4n) is 3.83. The zero-order chi connectivity index (χ0) is 19.4. The number of hydrogen-bond acceptors (Lipinski definition) is 3. The van der Waals surface area contributed by atoms with Gasteiger partial charge in [0.25, 0.3) is 0 Å². The molecule has 140 valence electrons. The molecular formula is C20H15Cl2N5O. The number of H-pyrrole nitrogens is 1. The number of fused-ring (bicyclic) bond motifs is 2.